The van der Waals surface area contributed by atoms with Gasteiger partial charge in [0.2, 0.25) is 17.1 Å². The molecule has 0 unspecified atom stereocenters. The van der Waals surface area contributed by atoms with E-state index in [9.17, 15) is 9.59 Å². The fourth-order valence-corrected chi connectivity index (χ4v) is 1.33. The number of rotatable bonds is 5. The zero-order valence-corrected chi connectivity index (χ0v) is 11.4. The number of hydrogen-bond donors (Lipinski definition) is 3. The standard InChI is InChI=1S/C11H16ClN5O2/c1-6(2)9(13)10(19)15-5-8(18)16-7-3-4-14-11(12)17-7/h3-4,6,9H,5,13H2,1-2H3,(H,15,19)(H,14,16,17,18)/t9-/m0/s1. The first-order valence-corrected chi connectivity index (χ1v) is 6.09. The molecule has 1 aromatic heterocycles. The van der Waals surface area contributed by atoms with Crippen LogP contribution in [-0.2, 0) is 9.59 Å². The highest BCUT2D eigenvalue weighted by atomic mass is 35.5. The number of anilines is 1. The van der Waals surface area contributed by atoms with Crippen LogP contribution in [-0.4, -0.2) is 34.4 Å². The number of nitrogens with one attached hydrogen (secondary N) is 2. The van der Waals surface area contributed by atoms with E-state index in [0.717, 1.165) is 0 Å². The van der Waals surface area contributed by atoms with Gasteiger partial charge in [-0.15, -0.1) is 0 Å². The summed E-state index contributed by atoms with van der Waals surface area (Å²) in [5.74, 6) is -0.513. The summed E-state index contributed by atoms with van der Waals surface area (Å²) >= 11 is 5.57. The van der Waals surface area contributed by atoms with Crippen molar-refractivity contribution < 1.29 is 9.59 Å². The number of amides is 2. The Bertz CT molecular complexity index is 466. The predicted octanol–water partition coefficient (Wildman–Crippen LogP) is 0.168. The van der Waals surface area contributed by atoms with Gasteiger partial charge in [-0.25, -0.2) is 9.97 Å². The summed E-state index contributed by atoms with van der Waals surface area (Å²) in [6.07, 6.45) is 1.41. The maximum Gasteiger partial charge on any atom is 0.244 e. The van der Waals surface area contributed by atoms with Crippen molar-refractivity contribution >= 4 is 29.2 Å². The van der Waals surface area contributed by atoms with E-state index in [0.29, 0.717) is 0 Å². The van der Waals surface area contributed by atoms with Gasteiger partial charge < -0.3 is 16.4 Å². The molecular weight excluding hydrogens is 270 g/mol. The fraction of sp³-hybridized carbons (Fsp3) is 0.455. The number of hydrogen-bond acceptors (Lipinski definition) is 5. The lowest BCUT2D eigenvalue weighted by atomic mass is 10.1. The molecule has 4 N–H and O–H groups in total. The molecule has 1 aromatic rings. The van der Waals surface area contributed by atoms with E-state index < -0.39 is 11.9 Å². The van der Waals surface area contributed by atoms with Crippen molar-refractivity contribution in [2.45, 2.75) is 19.9 Å². The van der Waals surface area contributed by atoms with Crippen LogP contribution in [0.15, 0.2) is 12.3 Å². The number of aromatic nitrogens is 2. The predicted molar refractivity (Wildman–Crippen MR) is 71.5 cm³/mol. The summed E-state index contributed by atoms with van der Waals surface area (Å²) in [6, 6.07) is 0.854. The molecule has 1 rings (SSSR count). The van der Waals surface area contributed by atoms with Gasteiger partial charge in [0, 0.05) is 6.20 Å². The van der Waals surface area contributed by atoms with Crippen molar-refractivity contribution in [1.29, 1.82) is 0 Å². The molecule has 0 fully saturated rings. The van der Waals surface area contributed by atoms with Gasteiger partial charge in [0.15, 0.2) is 0 Å². The minimum Gasteiger partial charge on any atom is -0.346 e. The lowest BCUT2D eigenvalue weighted by Crippen LogP contribution is -2.46. The Morgan fingerprint density at radius 1 is 1.47 bits per heavy atom. The number of nitrogens with zero attached hydrogens (tertiary/aromatic N) is 2. The van der Waals surface area contributed by atoms with Crippen LogP contribution >= 0.6 is 11.6 Å². The normalized spacial score (nSPS) is 12.1. The Kier molecular flexibility index (Phi) is 5.65. The Morgan fingerprint density at radius 2 is 2.16 bits per heavy atom. The molecule has 0 saturated carbocycles. The van der Waals surface area contributed by atoms with Gasteiger partial charge in [0.05, 0.1) is 12.6 Å². The molecule has 1 heterocycles. The SMILES string of the molecule is CC(C)[C@H](N)C(=O)NCC(=O)Nc1ccnc(Cl)n1. The average Bonchev–Trinajstić information content (AvgIpc) is 2.34. The van der Waals surface area contributed by atoms with Crippen molar-refractivity contribution in [2.75, 3.05) is 11.9 Å². The zero-order valence-electron chi connectivity index (χ0n) is 10.7. The van der Waals surface area contributed by atoms with Gasteiger partial charge in [-0.3, -0.25) is 9.59 Å². The van der Waals surface area contributed by atoms with E-state index in [1.165, 1.54) is 12.3 Å². The minimum absolute atomic E-state index is 0.00346. The second-order valence-corrected chi connectivity index (χ2v) is 4.58. The van der Waals surface area contributed by atoms with Gasteiger partial charge >= 0.3 is 0 Å². The molecule has 19 heavy (non-hydrogen) atoms. The first-order chi connectivity index (χ1) is 8.90. The zero-order chi connectivity index (χ0) is 14.4. The van der Waals surface area contributed by atoms with E-state index in [1.807, 2.05) is 13.8 Å². The summed E-state index contributed by atoms with van der Waals surface area (Å²) < 4.78 is 0. The molecular formula is C11H16ClN5O2. The maximum absolute atomic E-state index is 11.6. The summed E-state index contributed by atoms with van der Waals surface area (Å²) in [5.41, 5.74) is 5.64. The van der Waals surface area contributed by atoms with E-state index in [-0.39, 0.29) is 29.5 Å². The molecule has 0 aliphatic rings. The second kappa shape index (κ2) is 7.01. The summed E-state index contributed by atoms with van der Waals surface area (Å²) in [4.78, 5) is 30.6. The van der Waals surface area contributed by atoms with Gasteiger partial charge in [0.25, 0.3) is 0 Å². The van der Waals surface area contributed by atoms with Crippen molar-refractivity contribution in [1.82, 2.24) is 15.3 Å². The van der Waals surface area contributed by atoms with Gasteiger partial charge in [-0.1, -0.05) is 13.8 Å². The van der Waals surface area contributed by atoms with Crippen LogP contribution in [0.2, 0.25) is 5.28 Å². The first kappa shape index (κ1) is 15.3. The lowest BCUT2D eigenvalue weighted by molar-refractivity contribution is -0.125. The molecule has 8 heteroatoms. The van der Waals surface area contributed by atoms with E-state index in [2.05, 4.69) is 20.6 Å². The monoisotopic (exact) mass is 285 g/mol. The van der Waals surface area contributed by atoms with Gasteiger partial charge in [0.1, 0.15) is 5.82 Å². The highest BCUT2D eigenvalue weighted by molar-refractivity contribution is 6.28. The Hall–Kier alpha value is -1.73. The van der Waals surface area contributed by atoms with Crippen LogP contribution < -0.4 is 16.4 Å². The van der Waals surface area contributed by atoms with Crippen molar-refractivity contribution in [3.05, 3.63) is 17.5 Å². The highest BCUT2D eigenvalue weighted by Crippen LogP contribution is 2.05. The largest absolute Gasteiger partial charge is 0.346 e. The van der Waals surface area contributed by atoms with Crippen molar-refractivity contribution in [3.8, 4) is 0 Å². The van der Waals surface area contributed by atoms with Crippen LogP contribution in [0, 0.1) is 5.92 Å². The molecule has 0 aromatic carbocycles. The van der Waals surface area contributed by atoms with Crippen LogP contribution in [0.1, 0.15) is 13.8 Å². The summed E-state index contributed by atoms with van der Waals surface area (Å²) in [5, 5.41) is 4.95. The molecule has 0 aliphatic heterocycles. The van der Waals surface area contributed by atoms with E-state index in [1.54, 1.807) is 0 Å². The number of carbonyl (C=O) groups excluding carboxylic acids is 2. The lowest BCUT2D eigenvalue weighted by Gasteiger charge is -2.14. The average molecular weight is 286 g/mol. The summed E-state index contributed by atoms with van der Waals surface area (Å²) in [6.45, 7) is 3.47. The van der Waals surface area contributed by atoms with Crippen LogP contribution in [0.4, 0.5) is 5.82 Å². The third-order valence-electron chi connectivity index (χ3n) is 2.34. The third kappa shape index (κ3) is 5.19. The highest BCUT2D eigenvalue weighted by Gasteiger charge is 2.17. The van der Waals surface area contributed by atoms with Crippen LogP contribution in [0.25, 0.3) is 0 Å². The number of carbonyl (C=O) groups is 2. The van der Waals surface area contributed by atoms with E-state index in [4.69, 9.17) is 17.3 Å². The smallest absolute Gasteiger partial charge is 0.244 e. The van der Waals surface area contributed by atoms with Crippen molar-refractivity contribution in [3.63, 3.8) is 0 Å². The molecule has 0 spiro atoms. The maximum atomic E-state index is 11.6. The Balaban J connectivity index is 2.42. The van der Waals surface area contributed by atoms with Crippen LogP contribution in [0.3, 0.4) is 0 Å². The Labute approximate surface area is 115 Å². The topological polar surface area (TPSA) is 110 Å². The molecule has 1 atom stereocenters. The number of halogens is 1. The fourth-order valence-electron chi connectivity index (χ4n) is 1.18. The van der Waals surface area contributed by atoms with Crippen molar-refractivity contribution in [2.24, 2.45) is 11.7 Å². The van der Waals surface area contributed by atoms with Gasteiger partial charge in [-0.05, 0) is 23.6 Å². The minimum atomic E-state index is -0.638. The Morgan fingerprint density at radius 3 is 2.74 bits per heavy atom. The molecule has 0 saturated heterocycles. The van der Waals surface area contributed by atoms with Gasteiger partial charge in [-0.2, -0.15) is 0 Å². The quantitative estimate of drug-likeness (QED) is 0.668. The first-order valence-electron chi connectivity index (χ1n) is 5.72. The number of nitrogens with two attached hydrogens (primary N) is 1. The van der Waals surface area contributed by atoms with Crippen LogP contribution in [0.5, 0.6) is 0 Å². The molecule has 0 aliphatic carbocycles. The molecule has 0 radical (unpaired) electrons. The molecule has 0 bridgehead atoms. The third-order valence-corrected chi connectivity index (χ3v) is 2.52. The summed E-state index contributed by atoms with van der Waals surface area (Å²) in [7, 11) is 0. The second-order valence-electron chi connectivity index (χ2n) is 4.25. The molecule has 2 amide bonds. The molecule has 104 valence electrons. The van der Waals surface area contributed by atoms with E-state index >= 15 is 0 Å². The molecule has 7 nitrogen and oxygen atoms in total.